The maximum atomic E-state index is 11.7. The van der Waals surface area contributed by atoms with E-state index < -0.39 is 0 Å². The molecule has 1 aliphatic carbocycles. The number of hydrogen-bond donors (Lipinski definition) is 1. The normalized spacial score (nSPS) is 24.3. The molecule has 112 valence electrons. The molecule has 0 aliphatic heterocycles. The predicted molar refractivity (Wildman–Crippen MR) is 81.1 cm³/mol. The number of nitrogens with zero attached hydrogens (tertiary/aromatic N) is 1. The van der Waals surface area contributed by atoms with Crippen molar-refractivity contribution in [3.63, 3.8) is 0 Å². The lowest BCUT2D eigenvalue weighted by molar-refractivity contribution is -0.128. The van der Waals surface area contributed by atoms with Crippen LogP contribution in [0.4, 0.5) is 0 Å². The number of carbonyl (C=O) groups is 1. The molecule has 1 rings (SSSR count). The Balaban J connectivity index is 2.18. The van der Waals surface area contributed by atoms with Crippen molar-refractivity contribution in [3.8, 4) is 0 Å². The molecule has 0 saturated heterocycles. The number of likely N-dealkylation sites (N-methyl/N-ethyl adjacent to an activating group) is 1. The molecule has 3 heteroatoms. The molecular weight excluding hydrogens is 236 g/mol. The van der Waals surface area contributed by atoms with Gasteiger partial charge in [0.05, 0.1) is 6.54 Å². The molecule has 1 saturated carbocycles. The van der Waals surface area contributed by atoms with Crippen LogP contribution in [0.5, 0.6) is 0 Å². The largest absolute Gasteiger partial charge is 0.345 e. The molecule has 0 aromatic carbocycles. The van der Waals surface area contributed by atoms with E-state index >= 15 is 0 Å². The highest BCUT2D eigenvalue weighted by molar-refractivity contribution is 5.77. The molecule has 19 heavy (non-hydrogen) atoms. The van der Waals surface area contributed by atoms with Crippen LogP contribution < -0.4 is 5.32 Å². The fraction of sp³-hybridized carbons (Fsp3) is 0.938. The van der Waals surface area contributed by atoms with E-state index in [2.05, 4.69) is 26.1 Å². The van der Waals surface area contributed by atoms with E-state index in [4.69, 9.17) is 0 Å². The Bertz CT molecular complexity index is 275. The molecule has 3 nitrogen and oxygen atoms in total. The average molecular weight is 268 g/mol. The monoisotopic (exact) mass is 268 g/mol. The van der Waals surface area contributed by atoms with Crippen LogP contribution in [0.15, 0.2) is 0 Å². The minimum absolute atomic E-state index is 0.200. The summed E-state index contributed by atoms with van der Waals surface area (Å²) in [5.74, 6) is 1.83. The van der Waals surface area contributed by atoms with Gasteiger partial charge in [-0.3, -0.25) is 4.79 Å². The summed E-state index contributed by atoms with van der Waals surface area (Å²) in [5.41, 5.74) is 0.457. The van der Waals surface area contributed by atoms with Crippen LogP contribution in [0.1, 0.15) is 53.4 Å². The van der Waals surface area contributed by atoms with Gasteiger partial charge in [-0.1, -0.05) is 20.8 Å². The highest BCUT2D eigenvalue weighted by atomic mass is 16.2. The van der Waals surface area contributed by atoms with Crippen molar-refractivity contribution in [2.45, 2.75) is 53.4 Å². The smallest absolute Gasteiger partial charge is 0.236 e. The predicted octanol–water partition coefficient (Wildman–Crippen LogP) is 2.91. The zero-order chi connectivity index (χ0) is 14.5. The van der Waals surface area contributed by atoms with E-state index in [0.717, 1.165) is 24.9 Å². The number of nitrogens with one attached hydrogen (secondary N) is 1. The molecule has 0 atom stereocenters. The molecule has 0 aromatic heterocycles. The van der Waals surface area contributed by atoms with E-state index in [1.807, 2.05) is 14.0 Å². The van der Waals surface area contributed by atoms with Crippen molar-refractivity contribution in [2.75, 3.05) is 26.7 Å². The van der Waals surface area contributed by atoms with E-state index in [-0.39, 0.29) is 5.91 Å². The van der Waals surface area contributed by atoms with Crippen LogP contribution in [0, 0.1) is 17.3 Å². The molecule has 1 aliphatic rings. The lowest BCUT2D eigenvalue weighted by Gasteiger charge is -2.37. The second-order valence-electron chi connectivity index (χ2n) is 7.12. The van der Waals surface area contributed by atoms with E-state index in [1.54, 1.807) is 4.90 Å². The Morgan fingerprint density at radius 1 is 1.21 bits per heavy atom. The maximum absolute atomic E-state index is 11.7. The molecule has 0 unspecified atom stereocenters. The first-order valence-corrected chi connectivity index (χ1v) is 7.79. The van der Waals surface area contributed by atoms with E-state index in [1.165, 1.54) is 25.7 Å². The van der Waals surface area contributed by atoms with Gasteiger partial charge in [-0.2, -0.15) is 0 Å². The fourth-order valence-corrected chi connectivity index (χ4v) is 2.93. The molecule has 1 fully saturated rings. The Hall–Kier alpha value is -0.570. The first-order chi connectivity index (χ1) is 8.84. The first-order valence-electron chi connectivity index (χ1n) is 7.79. The maximum Gasteiger partial charge on any atom is 0.236 e. The van der Waals surface area contributed by atoms with Crippen molar-refractivity contribution in [2.24, 2.45) is 17.3 Å². The molecular formula is C16H32N2O. The molecule has 0 bridgehead atoms. The molecule has 1 amide bonds. The van der Waals surface area contributed by atoms with Gasteiger partial charge in [-0.25, -0.2) is 0 Å². The number of rotatable bonds is 5. The van der Waals surface area contributed by atoms with Gasteiger partial charge < -0.3 is 10.2 Å². The van der Waals surface area contributed by atoms with Crippen LogP contribution in [0.3, 0.4) is 0 Å². The number of hydrogen-bond acceptors (Lipinski definition) is 2. The van der Waals surface area contributed by atoms with Crippen LogP contribution >= 0.6 is 0 Å². The summed E-state index contributed by atoms with van der Waals surface area (Å²) in [5, 5.41) is 3.33. The van der Waals surface area contributed by atoms with Gasteiger partial charge in [0.25, 0.3) is 0 Å². The second kappa shape index (κ2) is 7.28. The van der Waals surface area contributed by atoms with Crippen molar-refractivity contribution < 1.29 is 4.79 Å². The third-order valence-corrected chi connectivity index (χ3v) is 4.68. The van der Waals surface area contributed by atoms with Gasteiger partial charge in [0.2, 0.25) is 5.91 Å². The Labute approximate surface area is 119 Å². The van der Waals surface area contributed by atoms with Crippen molar-refractivity contribution in [1.29, 1.82) is 0 Å². The summed E-state index contributed by atoms with van der Waals surface area (Å²) in [4.78, 5) is 13.4. The van der Waals surface area contributed by atoms with E-state index in [0.29, 0.717) is 12.0 Å². The molecule has 0 spiro atoms. The first kappa shape index (κ1) is 16.5. The minimum Gasteiger partial charge on any atom is -0.345 e. The SMILES string of the molecule is CCN(C)C(=O)CNCC1CCC(C(C)(C)C)CC1. The Morgan fingerprint density at radius 3 is 2.26 bits per heavy atom. The van der Waals surface area contributed by atoms with Crippen molar-refractivity contribution in [3.05, 3.63) is 0 Å². The average Bonchev–Trinajstić information content (AvgIpc) is 2.37. The van der Waals surface area contributed by atoms with Gasteiger partial charge in [-0.15, -0.1) is 0 Å². The quantitative estimate of drug-likeness (QED) is 0.831. The van der Waals surface area contributed by atoms with Gasteiger partial charge >= 0.3 is 0 Å². The van der Waals surface area contributed by atoms with Crippen LogP contribution in [0.2, 0.25) is 0 Å². The second-order valence-corrected chi connectivity index (χ2v) is 7.12. The number of amides is 1. The van der Waals surface area contributed by atoms with Gasteiger partial charge in [0, 0.05) is 13.6 Å². The van der Waals surface area contributed by atoms with Crippen LogP contribution in [-0.2, 0) is 4.79 Å². The number of carbonyl (C=O) groups excluding carboxylic acids is 1. The highest BCUT2D eigenvalue weighted by Gasteiger charge is 2.29. The Morgan fingerprint density at radius 2 is 1.79 bits per heavy atom. The van der Waals surface area contributed by atoms with Crippen LogP contribution in [0.25, 0.3) is 0 Å². The zero-order valence-corrected chi connectivity index (χ0v) is 13.5. The summed E-state index contributed by atoms with van der Waals surface area (Å²) in [6.45, 7) is 11.4. The molecule has 0 radical (unpaired) electrons. The highest BCUT2D eigenvalue weighted by Crippen LogP contribution is 2.39. The van der Waals surface area contributed by atoms with E-state index in [9.17, 15) is 4.79 Å². The lowest BCUT2D eigenvalue weighted by atomic mass is 9.70. The lowest BCUT2D eigenvalue weighted by Crippen LogP contribution is -2.38. The van der Waals surface area contributed by atoms with Gasteiger partial charge in [0.15, 0.2) is 0 Å². The van der Waals surface area contributed by atoms with Crippen molar-refractivity contribution in [1.82, 2.24) is 10.2 Å². The van der Waals surface area contributed by atoms with Crippen LogP contribution in [-0.4, -0.2) is 37.5 Å². The molecule has 1 N–H and O–H groups in total. The minimum atomic E-state index is 0.200. The topological polar surface area (TPSA) is 32.3 Å². The zero-order valence-electron chi connectivity index (χ0n) is 13.5. The summed E-state index contributed by atoms with van der Waals surface area (Å²) in [6, 6.07) is 0. The van der Waals surface area contributed by atoms with Crippen molar-refractivity contribution >= 4 is 5.91 Å². The molecule has 0 heterocycles. The fourth-order valence-electron chi connectivity index (χ4n) is 2.93. The summed E-state index contributed by atoms with van der Waals surface area (Å²) in [7, 11) is 1.86. The summed E-state index contributed by atoms with van der Waals surface area (Å²) >= 11 is 0. The summed E-state index contributed by atoms with van der Waals surface area (Å²) in [6.07, 6.45) is 5.32. The third kappa shape index (κ3) is 5.52. The summed E-state index contributed by atoms with van der Waals surface area (Å²) < 4.78 is 0. The molecule has 0 aromatic rings. The Kier molecular flexibility index (Phi) is 6.31. The van der Waals surface area contributed by atoms with Gasteiger partial charge in [0.1, 0.15) is 0 Å². The standard InChI is InChI=1S/C16H32N2O/c1-6-18(5)15(19)12-17-11-13-7-9-14(10-8-13)16(2,3)4/h13-14,17H,6-12H2,1-5H3. The van der Waals surface area contributed by atoms with Gasteiger partial charge in [-0.05, 0) is 56.4 Å². The third-order valence-electron chi connectivity index (χ3n) is 4.68.